The smallest absolute Gasteiger partial charge is 0.225 e. The van der Waals surface area contributed by atoms with Crippen LogP contribution in [0.1, 0.15) is 11.6 Å². The Hall–Kier alpha value is -2.14. The number of hydrogen-bond acceptors (Lipinski definition) is 5. The normalized spacial score (nSPS) is 19.5. The molecule has 1 aromatic heterocycles. The molecule has 1 saturated heterocycles. The minimum absolute atomic E-state index is 0.277. The predicted octanol–water partition coefficient (Wildman–Crippen LogP) is 1.98. The molecule has 0 saturated carbocycles. The van der Waals surface area contributed by atoms with Crippen LogP contribution in [0, 0.1) is 0 Å². The van der Waals surface area contributed by atoms with Gasteiger partial charge < -0.3 is 9.64 Å². The highest BCUT2D eigenvalue weighted by molar-refractivity contribution is 5.39. The van der Waals surface area contributed by atoms with E-state index in [2.05, 4.69) is 38.9 Å². The zero-order valence-corrected chi connectivity index (χ0v) is 12.4. The first-order valence-electron chi connectivity index (χ1n) is 7.14. The van der Waals surface area contributed by atoms with Crippen LogP contribution in [-0.4, -0.2) is 48.7 Å². The third kappa shape index (κ3) is 2.83. The number of methoxy groups -OCH3 is 1. The lowest BCUT2D eigenvalue weighted by Crippen LogP contribution is -2.47. The van der Waals surface area contributed by atoms with Gasteiger partial charge in [-0.05, 0) is 19.2 Å². The summed E-state index contributed by atoms with van der Waals surface area (Å²) in [5, 5.41) is 0. The zero-order valence-electron chi connectivity index (χ0n) is 12.4. The highest BCUT2D eigenvalue weighted by atomic mass is 16.5. The number of nitrogens with zero attached hydrogens (tertiary/aromatic N) is 4. The number of hydrogen-bond donors (Lipinski definition) is 0. The first-order valence-corrected chi connectivity index (χ1v) is 7.14. The molecule has 21 heavy (non-hydrogen) atoms. The van der Waals surface area contributed by atoms with Gasteiger partial charge in [-0.25, -0.2) is 9.97 Å². The van der Waals surface area contributed by atoms with Gasteiger partial charge in [0.25, 0.3) is 0 Å². The van der Waals surface area contributed by atoms with E-state index in [9.17, 15) is 0 Å². The molecule has 0 N–H and O–H groups in total. The Labute approximate surface area is 125 Å². The lowest BCUT2D eigenvalue weighted by Gasteiger charge is -2.40. The number of ether oxygens (including phenoxy) is 1. The molecule has 0 radical (unpaired) electrons. The summed E-state index contributed by atoms with van der Waals surface area (Å²) < 4.78 is 5.51. The highest BCUT2D eigenvalue weighted by Gasteiger charge is 2.28. The van der Waals surface area contributed by atoms with Crippen LogP contribution in [0.15, 0.2) is 42.7 Å². The van der Waals surface area contributed by atoms with Crippen molar-refractivity contribution >= 4 is 5.95 Å². The van der Waals surface area contributed by atoms with Crippen LogP contribution in [0.25, 0.3) is 0 Å². The molecule has 0 aliphatic carbocycles. The van der Waals surface area contributed by atoms with Gasteiger partial charge in [0.1, 0.15) is 5.75 Å². The quantitative estimate of drug-likeness (QED) is 0.862. The summed E-state index contributed by atoms with van der Waals surface area (Å²) in [5.74, 6) is 1.73. The van der Waals surface area contributed by atoms with E-state index in [1.165, 1.54) is 5.56 Å². The molecule has 5 heteroatoms. The first kappa shape index (κ1) is 13.8. The fraction of sp³-hybridized carbons (Fsp3) is 0.375. The Morgan fingerprint density at radius 3 is 2.62 bits per heavy atom. The molecule has 5 nitrogen and oxygen atoms in total. The monoisotopic (exact) mass is 284 g/mol. The molecule has 2 aromatic rings. The van der Waals surface area contributed by atoms with Crippen LogP contribution in [0.3, 0.4) is 0 Å². The standard InChI is InChI=1S/C16H20N4O/c1-19-10-11-20(16-17-8-5-9-18-16)12-14(19)13-6-3-4-7-15(13)21-2/h3-9,14H,10-12H2,1-2H3/t14-/m0/s1. The number of anilines is 1. The molecule has 3 rings (SSSR count). The van der Waals surface area contributed by atoms with Crippen LogP contribution in [0.2, 0.25) is 0 Å². The van der Waals surface area contributed by atoms with E-state index in [4.69, 9.17) is 4.74 Å². The van der Waals surface area contributed by atoms with E-state index in [0.29, 0.717) is 0 Å². The molecule has 0 unspecified atom stereocenters. The van der Waals surface area contributed by atoms with Crippen LogP contribution >= 0.6 is 0 Å². The summed E-state index contributed by atoms with van der Waals surface area (Å²) in [6.07, 6.45) is 3.58. The van der Waals surface area contributed by atoms with Crippen LogP contribution in [0.4, 0.5) is 5.95 Å². The average molecular weight is 284 g/mol. The molecule has 1 aromatic carbocycles. The Morgan fingerprint density at radius 1 is 1.10 bits per heavy atom. The summed E-state index contributed by atoms with van der Waals surface area (Å²) in [5.41, 5.74) is 1.21. The number of para-hydroxylation sites is 1. The van der Waals surface area contributed by atoms with E-state index in [-0.39, 0.29) is 6.04 Å². The first-order chi connectivity index (χ1) is 10.3. The number of likely N-dealkylation sites (N-methyl/N-ethyl adjacent to an activating group) is 1. The van der Waals surface area contributed by atoms with Gasteiger partial charge in [-0.15, -0.1) is 0 Å². The Kier molecular flexibility index (Phi) is 4.01. The third-order valence-corrected chi connectivity index (χ3v) is 3.98. The van der Waals surface area contributed by atoms with E-state index < -0.39 is 0 Å². The van der Waals surface area contributed by atoms with Crippen molar-refractivity contribution in [2.75, 3.05) is 38.7 Å². The second-order valence-electron chi connectivity index (χ2n) is 5.23. The molecule has 110 valence electrons. The van der Waals surface area contributed by atoms with Crippen molar-refractivity contribution in [3.05, 3.63) is 48.3 Å². The second-order valence-corrected chi connectivity index (χ2v) is 5.23. The topological polar surface area (TPSA) is 41.5 Å². The average Bonchev–Trinajstić information content (AvgIpc) is 2.56. The van der Waals surface area contributed by atoms with Crippen LogP contribution < -0.4 is 9.64 Å². The van der Waals surface area contributed by atoms with Gasteiger partial charge in [-0.2, -0.15) is 0 Å². The predicted molar refractivity (Wildman–Crippen MR) is 82.6 cm³/mol. The molecule has 1 aliphatic heterocycles. The van der Waals surface area contributed by atoms with E-state index in [1.54, 1.807) is 19.5 Å². The Morgan fingerprint density at radius 2 is 1.86 bits per heavy atom. The van der Waals surface area contributed by atoms with Crippen LogP contribution in [-0.2, 0) is 0 Å². The maximum absolute atomic E-state index is 5.51. The zero-order chi connectivity index (χ0) is 14.7. The third-order valence-electron chi connectivity index (χ3n) is 3.98. The number of benzene rings is 1. The lowest BCUT2D eigenvalue weighted by molar-refractivity contribution is 0.215. The van der Waals surface area contributed by atoms with E-state index >= 15 is 0 Å². The van der Waals surface area contributed by atoms with Gasteiger partial charge in [0.15, 0.2) is 0 Å². The molecule has 1 fully saturated rings. The van der Waals surface area contributed by atoms with E-state index in [1.807, 2.05) is 18.2 Å². The van der Waals surface area contributed by atoms with E-state index in [0.717, 1.165) is 31.3 Å². The SMILES string of the molecule is COc1ccccc1[C@@H]1CN(c2ncccn2)CCN1C. The minimum atomic E-state index is 0.277. The molecule has 1 aliphatic rings. The van der Waals surface area contributed by atoms with Gasteiger partial charge in [0.2, 0.25) is 5.95 Å². The van der Waals surface area contributed by atoms with Crippen molar-refractivity contribution in [2.24, 2.45) is 0 Å². The largest absolute Gasteiger partial charge is 0.496 e. The number of piperazine rings is 1. The number of rotatable bonds is 3. The van der Waals surface area contributed by atoms with Gasteiger partial charge in [-0.1, -0.05) is 18.2 Å². The lowest BCUT2D eigenvalue weighted by atomic mass is 10.0. The molecule has 0 bridgehead atoms. The molecule has 0 spiro atoms. The Balaban J connectivity index is 1.87. The molecular formula is C16H20N4O. The van der Waals surface area contributed by atoms with Gasteiger partial charge >= 0.3 is 0 Å². The summed E-state index contributed by atoms with van der Waals surface area (Å²) in [7, 11) is 3.88. The summed E-state index contributed by atoms with van der Waals surface area (Å²) >= 11 is 0. The van der Waals surface area contributed by atoms with Crippen molar-refractivity contribution in [1.82, 2.24) is 14.9 Å². The maximum atomic E-state index is 5.51. The molecule has 0 amide bonds. The van der Waals surface area contributed by atoms with Crippen molar-refractivity contribution in [1.29, 1.82) is 0 Å². The molecule has 2 heterocycles. The second kappa shape index (κ2) is 6.10. The summed E-state index contributed by atoms with van der Waals surface area (Å²) in [6, 6.07) is 10.3. The fourth-order valence-electron chi connectivity index (χ4n) is 2.79. The van der Waals surface area contributed by atoms with Gasteiger partial charge in [0.05, 0.1) is 13.2 Å². The van der Waals surface area contributed by atoms with Crippen molar-refractivity contribution in [2.45, 2.75) is 6.04 Å². The summed E-state index contributed by atoms with van der Waals surface area (Å²) in [6.45, 7) is 2.77. The minimum Gasteiger partial charge on any atom is -0.496 e. The van der Waals surface area contributed by atoms with Gasteiger partial charge in [-0.3, -0.25) is 4.90 Å². The fourth-order valence-corrected chi connectivity index (χ4v) is 2.79. The molecular weight excluding hydrogens is 264 g/mol. The maximum Gasteiger partial charge on any atom is 0.225 e. The van der Waals surface area contributed by atoms with Crippen molar-refractivity contribution < 1.29 is 4.74 Å². The van der Waals surface area contributed by atoms with Crippen molar-refractivity contribution in [3.8, 4) is 5.75 Å². The molecule has 1 atom stereocenters. The van der Waals surface area contributed by atoms with Crippen LogP contribution in [0.5, 0.6) is 5.75 Å². The Bertz CT molecular complexity index is 590. The summed E-state index contributed by atoms with van der Waals surface area (Å²) in [4.78, 5) is 13.3. The van der Waals surface area contributed by atoms with Crippen molar-refractivity contribution in [3.63, 3.8) is 0 Å². The number of aromatic nitrogens is 2. The highest BCUT2D eigenvalue weighted by Crippen LogP contribution is 2.31. The van der Waals surface area contributed by atoms with Gasteiger partial charge in [0, 0.05) is 37.6 Å².